The molecule has 5 nitrogen and oxygen atoms in total. The van der Waals surface area contributed by atoms with Crippen molar-refractivity contribution >= 4 is 35.2 Å². The van der Waals surface area contributed by atoms with Crippen LogP contribution in [0.2, 0.25) is 5.02 Å². The average molecular weight is 378 g/mol. The summed E-state index contributed by atoms with van der Waals surface area (Å²) in [7, 11) is 0. The molecule has 0 fully saturated rings. The van der Waals surface area contributed by atoms with Crippen LogP contribution in [0.4, 0.5) is 0 Å². The molecule has 0 saturated carbocycles. The standard InChI is InChI=1S/C18H20ClN3O2S/c1-3-22(4-2)17(24)11-25-18-15(10-20)14(9-16(23)21-18)12-5-7-13(19)8-6-12/h5-8,14H,3-4,9,11H2,1-2H3,(H,21,23)/t14-/m1/s1. The molecule has 2 amide bonds. The smallest absolute Gasteiger partial charge is 0.232 e. The van der Waals surface area contributed by atoms with Crippen molar-refractivity contribution in [1.29, 1.82) is 5.26 Å². The lowest BCUT2D eigenvalue weighted by atomic mass is 9.87. The first kappa shape index (κ1) is 19.4. The summed E-state index contributed by atoms with van der Waals surface area (Å²) in [4.78, 5) is 26.0. The fourth-order valence-electron chi connectivity index (χ4n) is 2.71. The Morgan fingerprint density at radius 1 is 1.36 bits per heavy atom. The van der Waals surface area contributed by atoms with Crippen molar-refractivity contribution in [3.05, 3.63) is 45.5 Å². The van der Waals surface area contributed by atoms with Crippen LogP contribution < -0.4 is 5.32 Å². The first-order valence-corrected chi connectivity index (χ1v) is 9.46. The zero-order valence-corrected chi connectivity index (χ0v) is 15.8. The summed E-state index contributed by atoms with van der Waals surface area (Å²) < 4.78 is 0. The largest absolute Gasteiger partial charge is 0.343 e. The fourth-order valence-corrected chi connectivity index (χ4v) is 3.82. The van der Waals surface area contributed by atoms with Crippen LogP contribution in [0, 0.1) is 11.3 Å². The molecule has 25 heavy (non-hydrogen) atoms. The number of benzene rings is 1. The van der Waals surface area contributed by atoms with E-state index in [0.717, 1.165) is 5.56 Å². The van der Waals surface area contributed by atoms with Gasteiger partial charge in [0, 0.05) is 30.5 Å². The molecule has 1 aromatic rings. The molecule has 0 aliphatic carbocycles. The Morgan fingerprint density at radius 3 is 2.56 bits per heavy atom. The Bertz CT molecular complexity index is 721. The fraction of sp³-hybridized carbons (Fsp3) is 0.389. The number of halogens is 1. The van der Waals surface area contributed by atoms with Gasteiger partial charge in [-0.05, 0) is 31.5 Å². The minimum Gasteiger partial charge on any atom is -0.343 e. The summed E-state index contributed by atoms with van der Waals surface area (Å²) >= 11 is 7.13. The second-order valence-electron chi connectivity index (χ2n) is 5.57. The Kier molecular flexibility index (Phi) is 6.91. The number of hydrogen-bond acceptors (Lipinski definition) is 4. The number of nitriles is 1. The second-order valence-corrected chi connectivity index (χ2v) is 6.99. The van der Waals surface area contributed by atoms with Crippen LogP contribution in [0.3, 0.4) is 0 Å². The summed E-state index contributed by atoms with van der Waals surface area (Å²) in [5, 5.41) is 13.4. The van der Waals surface area contributed by atoms with Crippen LogP contribution in [0.1, 0.15) is 31.7 Å². The molecule has 132 valence electrons. The maximum absolute atomic E-state index is 12.2. The first-order valence-electron chi connectivity index (χ1n) is 8.10. The van der Waals surface area contributed by atoms with Crippen molar-refractivity contribution < 1.29 is 9.59 Å². The average Bonchev–Trinajstić information content (AvgIpc) is 2.61. The molecule has 0 bridgehead atoms. The number of nitrogens with zero attached hydrogens (tertiary/aromatic N) is 2. The van der Waals surface area contributed by atoms with Gasteiger partial charge < -0.3 is 10.2 Å². The third kappa shape index (κ3) is 4.77. The lowest BCUT2D eigenvalue weighted by molar-refractivity contribution is -0.128. The Labute approximate surface area is 157 Å². The number of allylic oxidation sites excluding steroid dienone is 1. The van der Waals surface area contributed by atoms with E-state index < -0.39 is 0 Å². The van der Waals surface area contributed by atoms with Crippen LogP contribution in [0.5, 0.6) is 0 Å². The molecule has 1 heterocycles. The molecule has 1 N–H and O–H groups in total. The quantitative estimate of drug-likeness (QED) is 0.825. The first-order chi connectivity index (χ1) is 12.0. The third-order valence-electron chi connectivity index (χ3n) is 4.08. The molecule has 0 unspecified atom stereocenters. The SMILES string of the molecule is CCN(CC)C(=O)CSC1=C(C#N)[C@@H](c2ccc(Cl)cc2)CC(=O)N1. The van der Waals surface area contributed by atoms with Gasteiger partial charge in [0.25, 0.3) is 0 Å². The van der Waals surface area contributed by atoms with Gasteiger partial charge >= 0.3 is 0 Å². The number of amides is 2. The monoisotopic (exact) mass is 377 g/mol. The summed E-state index contributed by atoms with van der Waals surface area (Å²) in [6.45, 7) is 5.12. The van der Waals surface area contributed by atoms with E-state index in [1.54, 1.807) is 17.0 Å². The second kappa shape index (κ2) is 8.93. The van der Waals surface area contributed by atoms with E-state index >= 15 is 0 Å². The zero-order valence-electron chi connectivity index (χ0n) is 14.2. The van der Waals surface area contributed by atoms with Crippen molar-refractivity contribution in [2.45, 2.75) is 26.2 Å². The topological polar surface area (TPSA) is 73.2 Å². The van der Waals surface area contributed by atoms with Crippen LogP contribution in [-0.4, -0.2) is 35.6 Å². The summed E-state index contributed by atoms with van der Waals surface area (Å²) in [6.07, 6.45) is 0.207. The minimum atomic E-state index is -0.318. The highest BCUT2D eigenvalue weighted by molar-refractivity contribution is 8.03. The molecular formula is C18H20ClN3O2S. The van der Waals surface area contributed by atoms with Gasteiger partial charge in [0.05, 0.1) is 22.4 Å². The lowest BCUT2D eigenvalue weighted by Gasteiger charge is -2.25. The number of hydrogen-bond donors (Lipinski definition) is 1. The number of rotatable bonds is 6. The van der Waals surface area contributed by atoms with Crippen LogP contribution >= 0.6 is 23.4 Å². The molecule has 0 radical (unpaired) electrons. The van der Waals surface area contributed by atoms with Crippen molar-refractivity contribution in [1.82, 2.24) is 10.2 Å². The minimum absolute atomic E-state index is 0.0114. The van der Waals surface area contributed by atoms with Gasteiger partial charge in [0.1, 0.15) is 0 Å². The van der Waals surface area contributed by atoms with Crippen molar-refractivity contribution in [3.63, 3.8) is 0 Å². The van der Waals surface area contributed by atoms with Gasteiger partial charge in [0.2, 0.25) is 11.8 Å². The molecule has 0 aromatic heterocycles. The summed E-state index contributed by atoms with van der Waals surface area (Å²) in [6, 6.07) is 9.35. The van der Waals surface area contributed by atoms with Gasteiger partial charge in [-0.15, -0.1) is 0 Å². The molecule has 1 aromatic carbocycles. The normalized spacial score (nSPS) is 17.0. The van der Waals surface area contributed by atoms with E-state index in [0.29, 0.717) is 28.7 Å². The van der Waals surface area contributed by atoms with Crippen LogP contribution in [0.15, 0.2) is 34.9 Å². The highest BCUT2D eigenvalue weighted by atomic mass is 35.5. The van der Waals surface area contributed by atoms with Gasteiger partial charge in [-0.25, -0.2) is 0 Å². The maximum Gasteiger partial charge on any atom is 0.232 e. The zero-order chi connectivity index (χ0) is 18.4. The van der Waals surface area contributed by atoms with E-state index in [1.807, 2.05) is 26.0 Å². The molecule has 7 heteroatoms. The molecule has 2 rings (SSSR count). The van der Waals surface area contributed by atoms with E-state index in [2.05, 4.69) is 11.4 Å². The molecule has 1 aliphatic heterocycles. The molecule has 1 atom stereocenters. The van der Waals surface area contributed by atoms with Crippen molar-refractivity contribution in [2.75, 3.05) is 18.8 Å². The van der Waals surface area contributed by atoms with Gasteiger partial charge in [0.15, 0.2) is 0 Å². The predicted octanol–water partition coefficient (Wildman–Crippen LogP) is 3.28. The highest BCUT2D eigenvalue weighted by Gasteiger charge is 2.30. The van der Waals surface area contributed by atoms with E-state index in [4.69, 9.17) is 11.6 Å². The lowest BCUT2D eigenvalue weighted by Crippen LogP contribution is -2.34. The Hall–Kier alpha value is -1.97. The van der Waals surface area contributed by atoms with E-state index in [9.17, 15) is 14.9 Å². The Morgan fingerprint density at radius 2 is 2.00 bits per heavy atom. The summed E-state index contributed by atoms with van der Waals surface area (Å²) in [5.41, 5.74) is 1.35. The van der Waals surface area contributed by atoms with E-state index in [1.165, 1.54) is 11.8 Å². The van der Waals surface area contributed by atoms with Crippen LogP contribution in [-0.2, 0) is 9.59 Å². The van der Waals surface area contributed by atoms with Crippen molar-refractivity contribution in [3.8, 4) is 6.07 Å². The van der Waals surface area contributed by atoms with E-state index in [-0.39, 0.29) is 29.9 Å². The van der Waals surface area contributed by atoms with Gasteiger partial charge in [-0.3, -0.25) is 9.59 Å². The third-order valence-corrected chi connectivity index (χ3v) is 5.34. The molecule has 0 saturated heterocycles. The molecule has 1 aliphatic rings. The summed E-state index contributed by atoms with van der Waals surface area (Å²) in [5.74, 6) is -0.294. The van der Waals surface area contributed by atoms with Gasteiger partial charge in [-0.1, -0.05) is 35.5 Å². The molecule has 0 spiro atoms. The number of carbonyl (C=O) groups excluding carboxylic acids is 2. The predicted molar refractivity (Wildman–Crippen MR) is 100.0 cm³/mol. The van der Waals surface area contributed by atoms with Crippen molar-refractivity contribution in [2.24, 2.45) is 0 Å². The Balaban J connectivity index is 2.24. The maximum atomic E-state index is 12.2. The number of carbonyl (C=O) groups is 2. The van der Waals surface area contributed by atoms with Gasteiger partial charge in [-0.2, -0.15) is 5.26 Å². The molecular weight excluding hydrogens is 358 g/mol. The highest BCUT2D eigenvalue weighted by Crippen LogP contribution is 2.36. The number of thioether (sulfide) groups is 1. The number of nitrogens with one attached hydrogen (secondary N) is 1. The van der Waals surface area contributed by atoms with Crippen LogP contribution in [0.25, 0.3) is 0 Å².